The maximum atomic E-state index is 10.2. The lowest BCUT2D eigenvalue weighted by Crippen LogP contribution is -1.99. The van der Waals surface area contributed by atoms with E-state index in [2.05, 4.69) is 0 Å². The molecule has 3 heteroatoms. The maximum absolute atomic E-state index is 10.2. The molecular weight excluding hydrogens is 202 g/mol. The summed E-state index contributed by atoms with van der Waals surface area (Å²) < 4.78 is 0. The van der Waals surface area contributed by atoms with Crippen LogP contribution >= 0.6 is 0 Å². The van der Waals surface area contributed by atoms with Gasteiger partial charge in [-0.05, 0) is 21.1 Å². The Hall–Kier alpha value is -1.48. The van der Waals surface area contributed by atoms with Gasteiger partial charge in [0.2, 0.25) is 0 Å². The highest BCUT2D eigenvalue weighted by atomic mass is 16.1. The minimum atomic E-state index is 0.442. The Morgan fingerprint density at radius 1 is 0.875 bits per heavy atom. The van der Waals surface area contributed by atoms with Gasteiger partial charge in [0, 0.05) is 11.1 Å². The lowest BCUT2D eigenvalue weighted by atomic mass is 10.1. The van der Waals surface area contributed by atoms with Gasteiger partial charge in [0.15, 0.2) is 12.6 Å². The Morgan fingerprint density at radius 3 is 1.31 bits per heavy atom. The minimum Gasteiger partial charge on any atom is -0.312 e. The molecule has 0 spiro atoms. The summed E-state index contributed by atoms with van der Waals surface area (Å²) in [6.07, 6.45) is 1.34. The molecule has 0 aliphatic heterocycles. The van der Waals surface area contributed by atoms with E-state index >= 15 is 0 Å². The van der Waals surface area contributed by atoms with E-state index in [0.717, 1.165) is 0 Å². The molecule has 0 saturated carbocycles. The van der Waals surface area contributed by atoms with Crippen molar-refractivity contribution in [2.24, 2.45) is 0 Å². The Bertz CT molecular complexity index is 266. The predicted octanol–water partition coefficient (Wildman–Crippen LogP) is 2.52. The fourth-order valence-corrected chi connectivity index (χ4v) is 0.726. The van der Waals surface area contributed by atoms with Crippen LogP contribution in [0.25, 0.3) is 0 Å². The van der Waals surface area contributed by atoms with E-state index in [-0.39, 0.29) is 0 Å². The second kappa shape index (κ2) is 11.6. The molecule has 3 nitrogen and oxygen atoms in total. The highest BCUT2D eigenvalue weighted by Gasteiger charge is 1.95. The highest BCUT2D eigenvalue weighted by Crippen LogP contribution is 2.01. The molecule has 0 N–H and O–H groups in total. The molecule has 0 aromatic heterocycles. The van der Waals surface area contributed by atoms with E-state index in [4.69, 9.17) is 0 Å². The van der Waals surface area contributed by atoms with Gasteiger partial charge in [0.25, 0.3) is 0 Å². The van der Waals surface area contributed by atoms with Crippen molar-refractivity contribution in [3.8, 4) is 0 Å². The number of aldehydes is 2. The largest absolute Gasteiger partial charge is 0.312 e. The van der Waals surface area contributed by atoms with Crippen molar-refractivity contribution in [1.29, 1.82) is 0 Å². The fourth-order valence-electron chi connectivity index (χ4n) is 0.726. The van der Waals surface area contributed by atoms with Crippen LogP contribution in [0.1, 0.15) is 34.6 Å². The van der Waals surface area contributed by atoms with Crippen molar-refractivity contribution in [3.05, 3.63) is 35.4 Å². The van der Waals surface area contributed by atoms with Gasteiger partial charge in [-0.2, -0.15) is 0 Å². The first-order valence-electron chi connectivity index (χ1n) is 5.22. The number of rotatable bonds is 2. The van der Waals surface area contributed by atoms with Crippen LogP contribution in [0.5, 0.6) is 0 Å². The van der Waals surface area contributed by atoms with Gasteiger partial charge in [-0.25, -0.2) is 0 Å². The van der Waals surface area contributed by atoms with Crippen LogP contribution in [-0.2, 0) is 0 Å². The molecule has 1 aromatic carbocycles. The highest BCUT2D eigenvalue weighted by molar-refractivity contribution is 5.89. The van der Waals surface area contributed by atoms with Crippen LogP contribution in [-0.4, -0.2) is 38.6 Å². The first kappa shape index (κ1) is 16.9. The third-order valence-corrected chi connectivity index (χ3v) is 1.25. The first-order chi connectivity index (χ1) is 7.61. The van der Waals surface area contributed by atoms with E-state index in [9.17, 15) is 9.59 Å². The van der Waals surface area contributed by atoms with Gasteiger partial charge in [0.1, 0.15) is 0 Å². The second-order valence-corrected chi connectivity index (χ2v) is 3.21. The van der Waals surface area contributed by atoms with Crippen LogP contribution < -0.4 is 0 Å². The smallest absolute Gasteiger partial charge is 0.150 e. The zero-order chi connectivity index (χ0) is 13.0. The molecule has 1 rings (SSSR count). The molecular formula is C13H21NO2. The average Bonchev–Trinajstić information content (AvgIpc) is 2.31. The molecule has 0 bridgehead atoms. The van der Waals surface area contributed by atoms with Crippen LogP contribution in [0.3, 0.4) is 0 Å². The molecule has 0 saturated heterocycles. The molecule has 1 aromatic rings. The standard InChI is InChI=1S/C8H6O2.C3H9N.C2H6/c9-5-7-3-1-2-4-8(7)6-10;1-4(2)3;1-2/h1-6H;1-3H3;1-2H3. The summed E-state index contributed by atoms with van der Waals surface area (Å²) in [5.41, 5.74) is 0.884. The van der Waals surface area contributed by atoms with E-state index in [1.165, 1.54) is 0 Å². The molecule has 0 unspecified atom stereocenters. The van der Waals surface area contributed by atoms with Crippen LogP contribution in [0.4, 0.5) is 0 Å². The van der Waals surface area contributed by atoms with E-state index in [0.29, 0.717) is 23.7 Å². The van der Waals surface area contributed by atoms with Gasteiger partial charge in [-0.3, -0.25) is 9.59 Å². The average molecular weight is 223 g/mol. The second-order valence-electron chi connectivity index (χ2n) is 3.21. The molecule has 0 radical (unpaired) electrons. The van der Waals surface area contributed by atoms with E-state index in [1.54, 1.807) is 24.3 Å². The quantitative estimate of drug-likeness (QED) is 0.723. The monoisotopic (exact) mass is 223 g/mol. The molecule has 0 atom stereocenters. The number of benzene rings is 1. The molecule has 0 fully saturated rings. The third kappa shape index (κ3) is 9.09. The van der Waals surface area contributed by atoms with Crippen LogP contribution in [0.2, 0.25) is 0 Å². The van der Waals surface area contributed by atoms with Crippen molar-refractivity contribution in [2.45, 2.75) is 13.8 Å². The van der Waals surface area contributed by atoms with Crippen molar-refractivity contribution in [1.82, 2.24) is 4.90 Å². The van der Waals surface area contributed by atoms with Gasteiger partial charge < -0.3 is 4.90 Å². The lowest BCUT2D eigenvalue weighted by molar-refractivity contribution is 0.109. The zero-order valence-electron chi connectivity index (χ0n) is 10.7. The summed E-state index contributed by atoms with van der Waals surface area (Å²) in [5.74, 6) is 0. The van der Waals surface area contributed by atoms with Crippen LogP contribution in [0.15, 0.2) is 24.3 Å². The normalized spacial score (nSPS) is 8.12. The molecule has 0 amide bonds. The minimum absolute atomic E-state index is 0.442. The Balaban J connectivity index is 0. The molecule has 0 heterocycles. The topological polar surface area (TPSA) is 37.4 Å². The van der Waals surface area contributed by atoms with E-state index in [1.807, 2.05) is 39.9 Å². The lowest BCUT2D eigenvalue weighted by Gasteiger charge is -1.91. The van der Waals surface area contributed by atoms with Gasteiger partial charge >= 0.3 is 0 Å². The summed E-state index contributed by atoms with van der Waals surface area (Å²) in [6, 6.07) is 6.65. The molecule has 0 aliphatic carbocycles. The van der Waals surface area contributed by atoms with Crippen molar-refractivity contribution >= 4 is 12.6 Å². The van der Waals surface area contributed by atoms with E-state index < -0.39 is 0 Å². The van der Waals surface area contributed by atoms with Crippen molar-refractivity contribution in [3.63, 3.8) is 0 Å². The van der Waals surface area contributed by atoms with Crippen molar-refractivity contribution in [2.75, 3.05) is 21.1 Å². The molecule has 0 aliphatic rings. The Morgan fingerprint density at radius 2 is 1.12 bits per heavy atom. The summed E-state index contributed by atoms with van der Waals surface area (Å²) in [7, 11) is 6.00. The fraction of sp³-hybridized carbons (Fsp3) is 0.385. The maximum Gasteiger partial charge on any atom is 0.150 e. The number of nitrogens with zero attached hydrogens (tertiary/aromatic N) is 1. The molecule has 90 valence electrons. The summed E-state index contributed by atoms with van der Waals surface area (Å²) in [6.45, 7) is 4.00. The van der Waals surface area contributed by atoms with Gasteiger partial charge in [-0.15, -0.1) is 0 Å². The zero-order valence-corrected chi connectivity index (χ0v) is 10.7. The first-order valence-corrected chi connectivity index (χ1v) is 5.22. The summed E-state index contributed by atoms with van der Waals surface area (Å²) >= 11 is 0. The van der Waals surface area contributed by atoms with Gasteiger partial charge in [-0.1, -0.05) is 38.1 Å². The third-order valence-electron chi connectivity index (χ3n) is 1.25. The SMILES string of the molecule is CC.CN(C)C.O=Cc1ccccc1C=O. The predicted molar refractivity (Wildman–Crippen MR) is 68.2 cm³/mol. The molecule has 16 heavy (non-hydrogen) atoms. The van der Waals surface area contributed by atoms with Crippen LogP contribution in [0, 0.1) is 0 Å². The van der Waals surface area contributed by atoms with Crippen molar-refractivity contribution < 1.29 is 9.59 Å². The number of carbonyl (C=O) groups excluding carboxylic acids is 2. The Labute approximate surface area is 98.1 Å². The Kier molecular flexibility index (Phi) is 12.3. The summed E-state index contributed by atoms with van der Waals surface area (Å²) in [5, 5.41) is 0. The number of hydrogen-bond acceptors (Lipinski definition) is 3. The number of hydrogen-bond donors (Lipinski definition) is 0. The van der Waals surface area contributed by atoms with Gasteiger partial charge in [0.05, 0.1) is 0 Å². The number of carbonyl (C=O) groups is 2. The summed E-state index contributed by atoms with van der Waals surface area (Å²) in [4.78, 5) is 22.5.